The normalized spacial score (nSPS) is 12.2. The van der Waals surface area contributed by atoms with Gasteiger partial charge in [-0.1, -0.05) is 25.5 Å². The van der Waals surface area contributed by atoms with Crippen LogP contribution in [0.3, 0.4) is 0 Å². The lowest BCUT2D eigenvalue weighted by atomic mass is 9.89. The van der Waals surface area contributed by atoms with Gasteiger partial charge >= 0.3 is 5.97 Å². The molecule has 0 aromatic rings. The number of unbranched alkanes of at least 4 members (excludes halogenated alkanes) is 1. The van der Waals surface area contributed by atoms with Gasteiger partial charge in [-0.2, -0.15) is 0 Å². The van der Waals surface area contributed by atoms with Crippen molar-refractivity contribution in [3.05, 3.63) is 12.2 Å². The lowest BCUT2D eigenvalue weighted by molar-refractivity contribution is -0.146. The minimum absolute atomic E-state index is 0.613. The summed E-state index contributed by atoms with van der Waals surface area (Å²) in [4.78, 5) is 10.7. The molecule has 0 heterocycles. The van der Waals surface area contributed by atoms with E-state index in [2.05, 4.69) is 6.92 Å². The zero-order chi connectivity index (χ0) is 9.61. The third kappa shape index (κ3) is 4.16. The third-order valence-electron chi connectivity index (χ3n) is 1.83. The molecule has 0 fully saturated rings. The van der Waals surface area contributed by atoms with Gasteiger partial charge in [-0.05, 0) is 26.7 Å². The maximum absolute atomic E-state index is 10.7. The maximum Gasteiger partial charge on any atom is 0.309 e. The summed E-state index contributed by atoms with van der Waals surface area (Å²) in [6.07, 6.45) is 6.77. The third-order valence-corrected chi connectivity index (χ3v) is 1.83. The fourth-order valence-electron chi connectivity index (χ4n) is 0.750. The Morgan fingerprint density at radius 3 is 2.42 bits per heavy atom. The van der Waals surface area contributed by atoms with Crippen molar-refractivity contribution in [2.24, 2.45) is 5.41 Å². The van der Waals surface area contributed by atoms with Crippen LogP contribution in [0.2, 0.25) is 0 Å². The van der Waals surface area contributed by atoms with Gasteiger partial charge in [0.25, 0.3) is 0 Å². The molecule has 0 saturated heterocycles. The van der Waals surface area contributed by atoms with Gasteiger partial charge in [0, 0.05) is 0 Å². The number of allylic oxidation sites excluding steroid dienone is 2. The van der Waals surface area contributed by atoms with Gasteiger partial charge in [0.05, 0.1) is 5.41 Å². The van der Waals surface area contributed by atoms with Crippen LogP contribution in [0.15, 0.2) is 12.2 Å². The van der Waals surface area contributed by atoms with Crippen molar-refractivity contribution in [1.29, 1.82) is 0 Å². The molecule has 0 aromatic heterocycles. The van der Waals surface area contributed by atoms with Crippen LogP contribution in [0.5, 0.6) is 0 Å². The predicted molar refractivity (Wildman–Crippen MR) is 50.1 cm³/mol. The van der Waals surface area contributed by atoms with Crippen LogP contribution < -0.4 is 0 Å². The Morgan fingerprint density at radius 2 is 2.00 bits per heavy atom. The van der Waals surface area contributed by atoms with Crippen LogP contribution in [0, 0.1) is 5.41 Å². The Bertz CT molecular complexity index is 169. The quantitative estimate of drug-likeness (QED) is 0.644. The minimum atomic E-state index is -0.733. The molecule has 0 rings (SSSR count). The van der Waals surface area contributed by atoms with Crippen LogP contribution in [0.4, 0.5) is 0 Å². The summed E-state index contributed by atoms with van der Waals surface area (Å²) in [5, 5.41) is 8.76. The van der Waals surface area contributed by atoms with E-state index in [4.69, 9.17) is 5.11 Å². The van der Waals surface area contributed by atoms with Gasteiger partial charge in [0.15, 0.2) is 0 Å². The molecule has 0 aliphatic carbocycles. The molecule has 1 N–H and O–H groups in total. The highest BCUT2D eigenvalue weighted by molar-refractivity contribution is 5.73. The number of carboxylic acids is 1. The van der Waals surface area contributed by atoms with Gasteiger partial charge in [-0.3, -0.25) is 4.79 Å². The second-order valence-electron chi connectivity index (χ2n) is 3.65. The molecule has 70 valence electrons. The molecule has 0 atom stereocenters. The van der Waals surface area contributed by atoms with Crippen molar-refractivity contribution in [1.82, 2.24) is 0 Å². The second kappa shape index (κ2) is 4.96. The Kier molecular flexibility index (Phi) is 4.64. The van der Waals surface area contributed by atoms with E-state index in [-0.39, 0.29) is 0 Å². The molecule has 0 radical (unpaired) electrons. The molecule has 2 nitrogen and oxygen atoms in total. The molecule has 0 unspecified atom stereocenters. The monoisotopic (exact) mass is 170 g/mol. The van der Waals surface area contributed by atoms with Gasteiger partial charge in [0.2, 0.25) is 0 Å². The number of hydrogen-bond donors (Lipinski definition) is 1. The second-order valence-corrected chi connectivity index (χ2v) is 3.65. The minimum Gasteiger partial charge on any atom is -0.481 e. The SMILES string of the molecule is CCCC=CCC(C)(C)C(=O)O. The van der Waals surface area contributed by atoms with E-state index in [1.807, 2.05) is 12.2 Å². The summed E-state index contributed by atoms with van der Waals surface area (Å²) >= 11 is 0. The largest absolute Gasteiger partial charge is 0.481 e. The van der Waals surface area contributed by atoms with Gasteiger partial charge in [-0.15, -0.1) is 0 Å². The van der Waals surface area contributed by atoms with E-state index in [1.54, 1.807) is 13.8 Å². The summed E-state index contributed by atoms with van der Waals surface area (Å²) in [6, 6.07) is 0. The Morgan fingerprint density at radius 1 is 1.42 bits per heavy atom. The average Bonchev–Trinajstić information content (AvgIpc) is 1.98. The van der Waals surface area contributed by atoms with Crippen molar-refractivity contribution >= 4 is 5.97 Å². The average molecular weight is 170 g/mol. The summed E-state index contributed by atoms with van der Waals surface area (Å²) < 4.78 is 0. The molecule has 0 spiro atoms. The molecular weight excluding hydrogens is 152 g/mol. The van der Waals surface area contributed by atoms with Crippen molar-refractivity contribution in [3.8, 4) is 0 Å². The number of rotatable bonds is 5. The molecule has 2 heteroatoms. The van der Waals surface area contributed by atoms with E-state index in [0.29, 0.717) is 6.42 Å². The van der Waals surface area contributed by atoms with E-state index in [9.17, 15) is 4.79 Å². The van der Waals surface area contributed by atoms with E-state index in [0.717, 1.165) is 12.8 Å². The first-order valence-electron chi connectivity index (χ1n) is 4.39. The number of carbonyl (C=O) groups is 1. The lowest BCUT2D eigenvalue weighted by Gasteiger charge is -2.15. The Balaban J connectivity index is 3.83. The molecule has 0 bridgehead atoms. The maximum atomic E-state index is 10.7. The fourth-order valence-corrected chi connectivity index (χ4v) is 0.750. The molecule has 0 saturated carbocycles. The summed E-state index contributed by atoms with van der Waals surface area (Å²) in [5.74, 6) is -0.733. The van der Waals surface area contributed by atoms with Crippen LogP contribution in [-0.4, -0.2) is 11.1 Å². The predicted octanol–water partition coefficient (Wildman–Crippen LogP) is 2.84. The summed E-state index contributed by atoms with van der Waals surface area (Å²) in [6.45, 7) is 5.59. The van der Waals surface area contributed by atoms with E-state index < -0.39 is 11.4 Å². The highest BCUT2D eigenvalue weighted by atomic mass is 16.4. The van der Waals surface area contributed by atoms with Gasteiger partial charge in [0.1, 0.15) is 0 Å². The van der Waals surface area contributed by atoms with Crippen molar-refractivity contribution in [2.75, 3.05) is 0 Å². The molecule has 12 heavy (non-hydrogen) atoms. The standard InChI is InChI=1S/C10H18O2/c1-4-5-6-7-8-10(2,3)9(11)12/h6-7H,4-5,8H2,1-3H3,(H,11,12). The van der Waals surface area contributed by atoms with Crippen molar-refractivity contribution in [3.63, 3.8) is 0 Å². The van der Waals surface area contributed by atoms with Crippen molar-refractivity contribution in [2.45, 2.75) is 40.0 Å². The fraction of sp³-hybridized carbons (Fsp3) is 0.700. The Hall–Kier alpha value is -0.790. The smallest absolute Gasteiger partial charge is 0.309 e. The van der Waals surface area contributed by atoms with Crippen LogP contribution in [-0.2, 0) is 4.79 Å². The highest BCUT2D eigenvalue weighted by Crippen LogP contribution is 2.20. The summed E-state index contributed by atoms with van der Waals surface area (Å²) in [5.41, 5.74) is -0.621. The van der Waals surface area contributed by atoms with Gasteiger partial charge < -0.3 is 5.11 Å². The molecular formula is C10H18O2. The first kappa shape index (κ1) is 11.2. The Labute approximate surface area is 74.3 Å². The topological polar surface area (TPSA) is 37.3 Å². The van der Waals surface area contributed by atoms with Gasteiger partial charge in [-0.25, -0.2) is 0 Å². The zero-order valence-corrected chi connectivity index (χ0v) is 8.13. The van der Waals surface area contributed by atoms with Crippen LogP contribution in [0.1, 0.15) is 40.0 Å². The van der Waals surface area contributed by atoms with Crippen LogP contribution >= 0.6 is 0 Å². The number of aliphatic carboxylic acids is 1. The lowest BCUT2D eigenvalue weighted by Crippen LogP contribution is -2.22. The molecule has 0 aromatic carbocycles. The number of hydrogen-bond acceptors (Lipinski definition) is 1. The first-order chi connectivity index (χ1) is 5.50. The van der Waals surface area contributed by atoms with Crippen molar-refractivity contribution < 1.29 is 9.90 Å². The van der Waals surface area contributed by atoms with E-state index in [1.165, 1.54) is 0 Å². The number of carboxylic acid groups (broad SMARTS) is 1. The summed E-state index contributed by atoms with van der Waals surface area (Å²) in [7, 11) is 0. The first-order valence-corrected chi connectivity index (χ1v) is 4.39. The molecule has 0 aliphatic rings. The van der Waals surface area contributed by atoms with Crippen LogP contribution in [0.25, 0.3) is 0 Å². The molecule has 0 aliphatic heterocycles. The zero-order valence-electron chi connectivity index (χ0n) is 8.13. The molecule has 0 amide bonds. The highest BCUT2D eigenvalue weighted by Gasteiger charge is 2.24. The van der Waals surface area contributed by atoms with E-state index >= 15 is 0 Å².